The number of halogens is 4. The quantitative estimate of drug-likeness (QED) is 0.0603. The van der Waals surface area contributed by atoms with Crippen LogP contribution >= 0.6 is 11.8 Å². The first-order valence-corrected chi connectivity index (χ1v) is 15.4. The lowest BCUT2D eigenvalue weighted by atomic mass is 10.1. The Morgan fingerprint density at radius 2 is 1.35 bits per heavy atom. The van der Waals surface area contributed by atoms with E-state index < -0.39 is 51.9 Å². The zero-order valence-electron chi connectivity index (χ0n) is 25.3. The molecular weight excluding hydrogens is 642 g/mol. The van der Waals surface area contributed by atoms with Gasteiger partial charge in [-0.25, -0.2) is 17.6 Å². The summed E-state index contributed by atoms with van der Waals surface area (Å²) in [6.07, 6.45) is 1.55. The van der Waals surface area contributed by atoms with E-state index in [-0.39, 0.29) is 11.8 Å². The molecule has 0 spiro atoms. The van der Waals surface area contributed by atoms with Gasteiger partial charge >= 0.3 is 0 Å². The molecule has 0 saturated carbocycles. The Balaban J connectivity index is 1.40. The predicted octanol–water partition coefficient (Wildman–Crippen LogP) is 8.43. The van der Waals surface area contributed by atoms with Crippen molar-refractivity contribution in [3.05, 3.63) is 166 Å². The highest BCUT2D eigenvalue weighted by Gasteiger charge is 2.27. The number of carbonyl (C=O) groups is 3. The molecule has 0 aromatic heterocycles. The molecule has 0 aliphatic rings. The number of amides is 3. The molecule has 1 atom stereocenters. The summed E-state index contributed by atoms with van der Waals surface area (Å²) in [7, 11) is 0. The van der Waals surface area contributed by atoms with E-state index in [0.29, 0.717) is 27.3 Å². The summed E-state index contributed by atoms with van der Waals surface area (Å²) in [5, 5.41) is 6.30. The third kappa shape index (κ3) is 8.37. The first kappa shape index (κ1) is 33.7. The number of hydrogen-bond acceptors (Lipinski definition) is 4. The van der Waals surface area contributed by atoms with E-state index in [1.54, 1.807) is 97.1 Å². The lowest BCUT2D eigenvalue weighted by Crippen LogP contribution is -2.30. The summed E-state index contributed by atoms with van der Waals surface area (Å²) in [4.78, 5) is 40.4. The van der Waals surface area contributed by atoms with Crippen LogP contribution in [0.25, 0.3) is 6.08 Å². The van der Waals surface area contributed by atoms with Crippen LogP contribution in [0.3, 0.4) is 0 Å². The van der Waals surface area contributed by atoms with Crippen molar-refractivity contribution < 1.29 is 31.9 Å². The lowest BCUT2D eigenvalue weighted by Gasteiger charge is -2.18. The van der Waals surface area contributed by atoms with Crippen LogP contribution in [0.5, 0.6) is 0 Å². The molecule has 0 heterocycles. The van der Waals surface area contributed by atoms with Crippen molar-refractivity contribution in [3.8, 4) is 0 Å². The minimum Gasteiger partial charge on any atom is -0.321 e. The molecule has 48 heavy (non-hydrogen) atoms. The molecule has 0 bridgehead atoms. The van der Waals surface area contributed by atoms with Crippen LogP contribution in [0, 0.1) is 30.2 Å². The number of thioether (sulfide) groups is 1. The molecule has 3 amide bonds. The molecule has 0 saturated heterocycles. The van der Waals surface area contributed by atoms with E-state index in [1.165, 1.54) is 0 Å². The molecule has 1 unspecified atom stereocenters. The van der Waals surface area contributed by atoms with Crippen LogP contribution < -0.4 is 16.0 Å². The molecular formula is C37H27F4N3O3S. The third-order valence-corrected chi connectivity index (χ3v) is 8.18. The van der Waals surface area contributed by atoms with Crippen LogP contribution in [0.15, 0.2) is 126 Å². The number of carbonyl (C=O) groups excluding carboxylic acids is 3. The van der Waals surface area contributed by atoms with E-state index in [4.69, 9.17) is 0 Å². The molecule has 0 aliphatic heterocycles. The van der Waals surface area contributed by atoms with Crippen LogP contribution in [0.1, 0.15) is 32.3 Å². The van der Waals surface area contributed by atoms with Gasteiger partial charge in [0, 0.05) is 22.2 Å². The Hall–Kier alpha value is -5.68. The molecule has 5 rings (SSSR count). The summed E-state index contributed by atoms with van der Waals surface area (Å²) in [5.74, 6) is -8.86. The number of anilines is 2. The van der Waals surface area contributed by atoms with E-state index in [9.17, 15) is 31.9 Å². The minimum atomic E-state index is -1.74. The average Bonchev–Trinajstić information content (AvgIpc) is 3.08. The summed E-state index contributed by atoms with van der Waals surface area (Å²) >= 11 is 0.971. The molecule has 6 nitrogen and oxygen atoms in total. The van der Waals surface area contributed by atoms with Crippen molar-refractivity contribution in [2.45, 2.75) is 17.1 Å². The van der Waals surface area contributed by atoms with Gasteiger partial charge in [0.2, 0.25) is 5.91 Å². The van der Waals surface area contributed by atoms with Crippen molar-refractivity contribution in [2.24, 2.45) is 0 Å². The highest BCUT2D eigenvalue weighted by atomic mass is 32.2. The van der Waals surface area contributed by atoms with Gasteiger partial charge in [-0.15, -0.1) is 11.8 Å². The summed E-state index contributed by atoms with van der Waals surface area (Å²) in [5.41, 5.74) is 1.45. The van der Waals surface area contributed by atoms with Gasteiger partial charge in [0.25, 0.3) is 11.8 Å². The fourth-order valence-electron chi connectivity index (χ4n) is 4.62. The number of hydrogen-bond donors (Lipinski definition) is 3. The van der Waals surface area contributed by atoms with Crippen molar-refractivity contribution >= 4 is 46.9 Å². The maximum atomic E-state index is 14.4. The van der Waals surface area contributed by atoms with Gasteiger partial charge in [0.1, 0.15) is 16.6 Å². The molecule has 11 heteroatoms. The Kier molecular flexibility index (Phi) is 10.7. The lowest BCUT2D eigenvalue weighted by molar-refractivity contribution is -0.116. The fourth-order valence-corrected chi connectivity index (χ4v) is 5.71. The molecule has 5 aromatic carbocycles. The van der Waals surface area contributed by atoms with E-state index in [2.05, 4.69) is 10.6 Å². The largest absolute Gasteiger partial charge is 0.321 e. The topological polar surface area (TPSA) is 87.3 Å². The highest BCUT2D eigenvalue weighted by molar-refractivity contribution is 8.00. The van der Waals surface area contributed by atoms with E-state index >= 15 is 0 Å². The van der Waals surface area contributed by atoms with Gasteiger partial charge in [0.05, 0.1) is 0 Å². The van der Waals surface area contributed by atoms with Crippen LogP contribution in [0.2, 0.25) is 0 Å². The standard InChI is InChI=1S/C37H27F4N3O3S/c1-22-10-8-11-23(18-22)19-30(43-35(45)25-14-6-3-7-15-25)36(46)42-26-16-9-17-27(20-26)48-34(24-12-4-2-5-13-24)37(47)44-33-31(40)28(38)21-29(39)32(33)41/h2-21,34H,1H3,(H,42,46)(H,43,45)(H,44,47)/b30-19+. The zero-order valence-corrected chi connectivity index (χ0v) is 26.1. The van der Waals surface area contributed by atoms with Crippen molar-refractivity contribution in [3.63, 3.8) is 0 Å². The van der Waals surface area contributed by atoms with Gasteiger partial charge in [-0.05, 0) is 54.5 Å². The van der Waals surface area contributed by atoms with Gasteiger partial charge in [-0.1, -0.05) is 84.4 Å². The highest BCUT2D eigenvalue weighted by Crippen LogP contribution is 2.38. The molecule has 0 aliphatic carbocycles. The van der Waals surface area contributed by atoms with E-state index in [1.807, 2.05) is 30.4 Å². The Bertz CT molecular complexity index is 1980. The number of aryl methyl sites for hydroxylation is 1. The van der Waals surface area contributed by atoms with Gasteiger partial charge in [-0.3, -0.25) is 14.4 Å². The second-order valence-corrected chi connectivity index (χ2v) is 11.7. The Morgan fingerprint density at radius 3 is 2.02 bits per heavy atom. The first-order valence-electron chi connectivity index (χ1n) is 14.5. The average molecular weight is 670 g/mol. The summed E-state index contributed by atoms with van der Waals surface area (Å²) in [6.45, 7) is 1.90. The predicted molar refractivity (Wildman–Crippen MR) is 178 cm³/mol. The summed E-state index contributed by atoms with van der Waals surface area (Å²) < 4.78 is 56.5. The molecule has 242 valence electrons. The zero-order chi connectivity index (χ0) is 34.2. The maximum absolute atomic E-state index is 14.4. The maximum Gasteiger partial charge on any atom is 0.272 e. The number of rotatable bonds is 10. The fraction of sp³-hybridized carbons (Fsp3) is 0.0541. The SMILES string of the molecule is Cc1cccc(/C=C(/NC(=O)c2ccccc2)C(=O)Nc2cccc(SC(C(=O)Nc3c(F)c(F)cc(F)c3F)c3ccccc3)c2)c1. The minimum absolute atomic E-state index is 0.0274. The van der Waals surface area contributed by atoms with Crippen molar-refractivity contribution in [2.75, 3.05) is 10.6 Å². The number of benzene rings is 5. The third-order valence-electron chi connectivity index (χ3n) is 6.93. The van der Waals surface area contributed by atoms with Crippen molar-refractivity contribution in [1.29, 1.82) is 0 Å². The van der Waals surface area contributed by atoms with Crippen LogP contribution in [-0.2, 0) is 9.59 Å². The monoisotopic (exact) mass is 669 g/mol. The van der Waals surface area contributed by atoms with Crippen molar-refractivity contribution in [1.82, 2.24) is 5.32 Å². The molecule has 0 radical (unpaired) electrons. The second kappa shape index (κ2) is 15.3. The Labute approximate surface area is 277 Å². The Morgan fingerprint density at radius 1 is 0.708 bits per heavy atom. The first-order chi connectivity index (χ1) is 23.1. The smallest absolute Gasteiger partial charge is 0.272 e. The summed E-state index contributed by atoms with van der Waals surface area (Å²) in [6, 6.07) is 30.5. The van der Waals surface area contributed by atoms with Gasteiger partial charge in [-0.2, -0.15) is 0 Å². The van der Waals surface area contributed by atoms with Crippen LogP contribution in [-0.4, -0.2) is 17.7 Å². The normalized spacial score (nSPS) is 11.8. The molecule has 5 aromatic rings. The molecule has 3 N–H and O–H groups in total. The van der Waals surface area contributed by atoms with Gasteiger partial charge in [0.15, 0.2) is 23.3 Å². The number of nitrogens with one attached hydrogen (secondary N) is 3. The molecule has 0 fully saturated rings. The second-order valence-electron chi connectivity index (χ2n) is 10.5. The van der Waals surface area contributed by atoms with Crippen LogP contribution in [0.4, 0.5) is 28.9 Å². The van der Waals surface area contributed by atoms with Gasteiger partial charge < -0.3 is 16.0 Å². The van der Waals surface area contributed by atoms with E-state index in [0.717, 1.165) is 17.3 Å².